The molecule has 1 N–H and O–H groups in total. The lowest BCUT2D eigenvalue weighted by atomic mass is 10.2. The normalized spacial score (nSPS) is 15.8. The highest BCUT2D eigenvalue weighted by Crippen LogP contribution is 2.08. The third-order valence-electron chi connectivity index (χ3n) is 3.46. The fourth-order valence-electron chi connectivity index (χ4n) is 2.35. The molecule has 20 heavy (non-hydrogen) atoms. The van der Waals surface area contributed by atoms with Crippen LogP contribution in [0.2, 0.25) is 0 Å². The topological polar surface area (TPSA) is 73.5 Å². The number of amides is 2. The minimum Gasteiger partial charge on any atom is -0.341 e. The minimum absolute atomic E-state index is 0.121. The predicted molar refractivity (Wildman–Crippen MR) is 74.5 cm³/mol. The second kappa shape index (κ2) is 6.36. The van der Waals surface area contributed by atoms with E-state index in [-0.39, 0.29) is 17.4 Å². The van der Waals surface area contributed by atoms with Crippen LogP contribution in [0, 0.1) is 0 Å². The number of H-pyrrole nitrogens is 1. The fourth-order valence-corrected chi connectivity index (χ4v) is 2.35. The van der Waals surface area contributed by atoms with E-state index < -0.39 is 0 Å². The molecule has 0 radical (unpaired) electrons. The maximum atomic E-state index is 12.3. The Balaban J connectivity index is 2.05. The Morgan fingerprint density at radius 2 is 1.90 bits per heavy atom. The molecule has 1 aliphatic heterocycles. The lowest BCUT2D eigenvalue weighted by molar-refractivity contribution is -0.130. The third-order valence-corrected chi connectivity index (χ3v) is 3.46. The fraction of sp³-hybridized carbons (Fsp3) is 0.500. The summed E-state index contributed by atoms with van der Waals surface area (Å²) < 4.78 is 0. The van der Waals surface area contributed by atoms with E-state index >= 15 is 0 Å². The van der Waals surface area contributed by atoms with Crippen molar-refractivity contribution in [2.75, 3.05) is 26.2 Å². The predicted octanol–water partition coefficient (Wildman–Crippen LogP) is 0.459. The molecule has 0 bridgehead atoms. The standard InChI is InChI=1S/C14H19N3O3/c1-2-13(19)16-6-3-7-17(9-8-16)14(20)11-4-5-15-12(18)10-11/h4-5,10H,2-3,6-9H2,1H3,(H,15,18). The summed E-state index contributed by atoms with van der Waals surface area (Å²) in [4.78, 5) is 41.2. The minimum atomic E-state index is -0.284. The van der Waals surface area contributed by atoms with Crippen molar-refractivity contribution in [1.82, 2.24) is 14.8 Å². The number of hydrogen-bond donors (Lipinski definition) is 1. The van der Waals surface area contributed by atoms with Crippen LogP contribution in [0.3, 0.4) is 0 Å². The van der Waals surface area contributed by atoms with Crippen molar-refractivity contribution in [3.8, 4) is 0 Å². The molecule has 1 aromatic rings. The van der Waals surface area contributed by atoms with Crippen LogP contribution in [0.15, 0.2) is 23.1 Å². The molecule has 0 unspecified atom stereocenters. The number of pyridine rings is 1. The van der Waals surface area contributed by atoms with Gasteiger partial charge in [0.15, 0.2) is 0 Å². The van der Waals surface area contributed by atoms with Gasteiger partial charge in [-0.25, -0.2) is 0 Å². The number of carbonyl (C=O) groups excluding carboxylic acids is 2. The first-order valence-corrected chi connectivity index (χ1v) is 6.87. The van der Waals surface area contributed by atoms with Crippen molar-refractivity contribution in [3.63, 3.8) is 0 Å². The van der Waals surface area contributed by atoms with Gasteiger partial charge in [-0.05, 0) is 12.5 Å². The summed E-state index contributed by atoms with van der Waals surface area (Å²) in [5, 5.41) is 0. The first kappa shape index (κ1) is 14.3. The van der Waals surface area contributed by atoms with Crippen LogP contribution in [0.25, 0.3) is 0 Å². The first-order valence-electron chi connectivity index (χ1n) is 6.87. The smallest absolute Gasteiger partial charge is 0.254 e. The molecule has 0 saturated carbocycles. The van der Waals surface area contributed by atoms with Crippen molar-refractivity contribution in [2.24, 2.45) is 0 Å². The number of carbonyl (C=O) groups is 2. The van der Waals surface area contributed by atoms with E-state index in [1.807, 2.05) is 6.92 Å². The van der Waals surface area contributed by atoms with E-state index in [4.69, 9.17) is 0 Å². The number of aromatic nitrogens is 1. The second-order valence-electron chi connectivity index (χ2n) is 4.82. The van der Waals surface area contributed by atoms with Gasteiger partial charge in [0.2, 0.25) is 11.5 Å². The molecule has 6 nitrogen and oxygen atoms in total. The van der Waals surface area contributed by atoms with E-state index in [0.29, 0.717) is 38.2 Å². The highest BCUT2D eigenvalue weighted by Gasteiger charge is 2.22. The molecule has 0 aliphatic carbocycles. The lowest BCUT2D eigenvalue weighted by Crippen LogP contribution is -2.37. The summed E-state index contributed by atoms with van der Waals surface area (Å²) in [6.45, 7) is 4.20. The molecule has 2 amide bonds. The second-order valence-corrected chi connectivity index (χ2v) is 4.82. The molecular weight excluding hydrogens is 258 g/mol. The molecule has 1 saturated heterocycles. The van der Waals surface area contributed by atoms with Gasteiger partial charge in [0.1, 0.15) is 0 Å². The molecule has 0 aromatic carbocycles. The van der Waals surface area contributed by atoms with Crippen molar-refractivity contribution in [2.45, 2.75) is 19.8 Å². The van der Waals surface area contributed by atoms with Crippen LogP contribution in [0.4, 0.5) is 0 Å². The Kier molecular flexibility index (Phi) is 4.55. The number of hydrogen-bond acceptors (Lipinski definition) is 3. The Morgan fingerprint density at radius 3 is 2.60 bits per heavy atom. The monoisotopic (exact) mass is 277 g/mol. The van der Waals surface area contributed by atoms with E-state index in [2.05, 4.69) is 4.98 Å². The Labute approximate surface area is 117 Å². The molecule has 1 fully saturated rings. The maximum Gasteiger partial charge on any atom is 0.254 e. The van der Waals surface area contributed by atoms with Gasteiger partial charge < -0.3 is 14.8 Å². The molecule has 2 heterocycles. The van der Waals surface area contributed by atoms with Crippen molar-refractivity contribution >= 4 is 11.8 Å². The Bertz CT molecular complexity index is 553. The lowest BCUT2D eigenvalue weighted by Gasteiger charge is -2.21. The summed E-state index contributed by atoms with van der Waals surface area (Å²) in [5.41, 5.74) is 0.109. The summed E-state index contributed by atoms with van der Waals surface area (Å²) >= 11 is 0. The van der Waals surface area contributed by atoms with Gasteiger partial charge in [-0.2, -0.15) is 0 Å². The van der Waals surface area contributed by atoms with Gasteiger partial charge in [-0.1, -0.05) is 6.92 Å². The molecule has 0 spiro atoms. The van der Waals surface area contributed by atoms with Crippen molar-refractivity contribution < 1.29 is 9.59 Å². The molecular formula is C14H19N3O3. The van der Waals surface area contributed by atoms with Gasteiger partial charge in [0.25, 0.3) is 5.91 Å². The summed E-state index contributed by atoms with van der Waals surface area (Å²) in [5.74, 6) is -0.0302. The largest absolute Gasteiger partial charge is 0.341 e. The summed E-state index contributed by atoms with van der Waals surface area (Å²) in [6, 6.07) is 2.91. The van der Waals surface area contributed by atoms with E-state index in [9.17, 15) is 14.4 Å². The first-order chi connectivity index (χ1) is 9.61. The van der Waals surface area contributed by atoms with Gasteiger partial charge >= 0.3 is 0 Å². The number of rotatable bonds is 2. The number of aromatic amines is 1. The zero-order valence-corrected chi connectivity index (χ0v) is 11.6. The quantitative estimate of drug-likeness (QED) is 0.853. The molecule has 0 atom stereocenters. The summed E-state index contributed by atoms with van der Waals surface area (Å²) in [7, 11) is 0. The van der Waals surface area contributed by atoms with Gasteiger partial charge in [0.05, 0.1) is 0 Å². The third kappa shape index (κ3) is 3.26. The Hall–Kier alpha value is -2.11. The Morgan fingerprint density at radius 1 is 1.20 bits per heavy atom. The summed E-state index contributed by atoms with van der Waals surface area (Å²) in [6.07, 6.45) is 2.73. The number of nitrogens with zero attached hydrogens (tertiary/aromatic N) is 2. The van der Waals surface area contributed by atoms with Crippen LogP contribution >= 0.6 is 0 Å². The molecule has 1 aliphatic rings. The van der Waals surface area contributed by atoms with Crippen LogP contribution in [0.5, 0.6) is 0 Å². The number of nitrogens with one attached hydrogen (secondary N) is 1. The van der Waals surface area contributed by atoms with Crippen LogP contribution < -0.4 is 5.56 Å². The highest BCUT2D eigenvalue weighted by atomic mass is 16.2. The van der Waals surface area contributed by atoms with Crippen LogP contribution in [-0.4, -0.2) is 52.8 Å². The van der Waals surface area contributed by atoms with Crippen molar-refractivity contribution in [3.05, 3.63) is 34.2 Å². The van der Waals surface area contributed by atoms with Crippen LogP contribution in [0.1, 0.15) is 30.1 Å². The average molecular weight is 277 g/mol. The molecule has 1 aromatic heterocycles. The van der Waals surface area contributed by atoms with Gasteiger partial charge in [-0.15, -0.1) is 0 Å². The van der Waals surface area contributed by atoms with Crippen LogP contribution in [-0.2, 0) is 4.79 Å². The zero-order chi connectivity index (χ0) is 14.5. The van der Waals surface area contributed by atoms with E-state index in [1.54, 1.807) is 15.9 Å². The maximum absolute atomic E-state index is 12.3. The highest BCUT2D eigenvalue weighted by molar-refractivity contribution is 5.94. The molecule has 2 rings (SSSR count). The van der Waals surface area contributed by atoms with E-state index in [1.165, 1.54) is 12.3 Å². The zero-order valence-electron chi connectivity index (χ0n) is 11.6. The van der Waals surface area contributed by atoms with E-state index in [0.717, 1.165) is 6.42 Å². The van der Waals surface area contributed by atoms with Gasteiger partial charge in [-0.3, -0.25) is 14.4 Å². The average Bonchev–Trinajstić information content (AvgIpc) is 2.71. The molecule has 6 heteroatoms. The van der Waals surface area contributed by atoms with Gasteiger partial charge in [0, 0.05) is 50.4 Å². The SMILES string of the molecule is CCC(=O)N1CCCN(C(=O)c2cc[nH]c(=O)c2)CC1. The molecule has 108 valence electrons. The van der Waals surface area contributed by atoms with Crippen molar-refractivity contribution in [1.29, 1.82) is 0 Å².